The minimum atomic E-state index is -0.392. The van der Waals surface area contributed by atoms with Crippen LogP contribution in [0.5, 0.6) is 11.5 Å². The highest BCUT2D eigenvalue weighted by molar-refractivity contribution is 6.36. The molecule has 168 valence electrons. The number of imide groups is 1. The van der Waals surface area contributed by atoms with Gasteiger partial charge in [-0.25, -0.2) is 0 Å². The summed E-state index contributed by atoms with van der Waals surface area (Å²) in [6, 6.07) is 18.0. The van der Waals surface area contributed by atoms with Crippen LogP contribution >= 0.6 is 0 Å². The Bertz CT molecular complexity index is 1170. The molecule has 1 aromatic heterocycles. The number of rotatable bonds is 8. The number of anilines is 1. The lowest BCUT2D eigenvalue weighted by Crippen LogP contribution is -2.32. The van der Waals surface area contributed by atoms with Crippen LogP contribution in [-0.2, 0) is 16.1 Å². The van der Waals surface area contributed by atoms with Crippen molar-refractivity contribution in [2.24, 2.45) is 0 Å². The molecule has 0 saturated carbocycles. The van der Waals surface area contributed by atoms with Gasteiger partial charge >= 0.3 is 0 Å². The molecule has 1 aliphatic heterocycles. The standard InChI is InChI=1S/C26H25N3O4/c1-17(2)33-22-12-8-20(9-13-22)28-24-23(19-6-10-21(32-3)11-7-19)25(30)29(26(24)31)16-18-5-4-14-27-15-18/h4-15,17,28H,16H2,1-3H3. The fourth-order valence-electron chi connectivity index (χ4n) is 3.57. The molecule has 33 heavy (non-hydrogen) atoms. The van der Waals surface area contributed by atoms with E-state index in [0.717, 1.165) is 11.3 Å². The highest BCUT2D eigenvalue weighted by Crippen LogP contribution is 2.32. The first kappa shape index (κ1) is 22.1. The molecular weight excluding hydrogens is 418 g/mol. The highest BCUT2D eigenvalue weighted by Gasteiger charge is 2.39. The summed E-state index contributed by atoms with van der Waals surface area (Å²) >= 11 is 0. The zero-order valence-electron chi connectivity index (χ0n) is 18.7. The number of aromatic nitrogens is 1. The fourth-order valence-corrected chi connectivity index (χ4v) is 3.57. The number of nitrogens with one attached hydrogen (secondary N) is 1. The highest BCUT2D eigenvalue weighted by atomic mass is 16.5. The second-order valence-electron chi connectivity index (χ2n) is 7.85. The van der Waals surface area contributed by atoms with Gasteiger partial charge in [0.2, 0.25) is 0 Å². The number of ether oxygens (including phenoxy) is 2. The number of amides is 2. The number of benzene rings is 2. The summed E-state index contributed by atoms with van der Waals surface area (Å²) in [5, 5.41) is 3.16. The summed E-state index contributed by atoms with van der Waals surface area (Å²) in [6.45, 7) is 4.05. The van der Waals surface area contributed by atoms with Crippen LogP contribution in [0.1, 0.15) is 25.0 Å². The molecule has 2 aromatic carbocycles. The molecule has 7 heteroatoms. The van der Waals surface area contributed by atoms with Crippen molar-refractivity contribution in [1.29, 1.82) is 0 Å². The van der Waals surface area contributed by atoms with Crippen molar-refractivity contribution in [3.05, 3.63) is 89.9 Å². The SMILES string of the molecule is COc1ccc(C2=C(Nc3ccc(OC(C)C)cc3)C(=O)N(Cc3cccnc3)C2=O)cc1. The fraction of sp³-hybridized carbons (Fsp3) is 0.192. The van der Waals surface area contributed by atoms with Crippen molar-refractivity contribution in [2.75, 3.05) is 12.4 Å². The summed E-state index contributed by atoms with van der Waals surface area (Å²) in [5.74, 6) is 0.638. The Hall–Kier alpha value is -4.13. The average Bonchev–Trinajstić information content (AvgIpc) is 3.05. The van der Waals surface area contributed by atoms with E-state index in [2.05, 4.69) is 10.3 Å². The number of hydrogen-bond acceptors (Lipinski definition) is 6. The van der Waals surface area contributed by atoms with Crippen LogP contribution in [0.2, 0.25) is 0 Å². The minimum Gasteiger partial charge on any atom is -0.497 e. The third-order valence-corrected chi connectivity index (χ3v) is 5.11. The van der Waals surface area contributed by atoms with Crippen molar-refractivity contribution >= 4 is 23.1 Å². The normalized spacial score (nSPS) is 13.6. The summed E-state index contributed by atoms with van der Waals surface area (Å²) in [4.78, 5) is 32.1. The molecule has 2 heterocycles. The predicted molar refractivity (Wildman–Crippen MR) is 126 cm³/mol. The predicted octanol–water partition coefficient (Wildman–Crippen LogP) is 4.27. The Labute approximate surface area is 192 Å². The second-order valence-corrected chi connectivity index (χ2v) is 7.85. The maximum absolute atomic E-state index is 13.4. The third-order valence-electron chi connectivity index (χ3n) is 5.11. The van der Waals surface area contributed by atoms with Crippen LogP contribution in [0.15, 0.2) is 78.8 Å². The summed E-state index contributed by atoms with van der Waals surface area (Å²) < 4.78 is 10.9. The molecule has 0 atom stereocenters. The average molecular weight is 444 g/mol. The van der Waals surface area contributed by atoms with Crippen molar-refractivity contribution < 1.29 is 19.1 Å². The van der Waals surface area contributed by atoms with E-state index in [4.69, 9.17) is 9.47 Å². The Balaban J connectivity index is 1.68. The first-order chi connectivity index (χ1) is 16.0. The summed E-state index contributed by atoms with van der Waals surface area (Å²) in [7, 11) is 1.58. The van der Waals surface area contributed by atoms with Gasteiger partial charge in [0, 0.05) is 18.1 Å². The van der Waals surface area contributed by atoms with Crippen molar-refractivity contribution in [1.82, 2.24) is 9.88 Å². The second kappa shape index (κ2) is 9.56. The molecule has 0 saturated heterocycles. The smallest absolute Gasteiger partial charge is 0.278 e. The minimum absolute atomic E-state index is 0.0586. The van der Waals surface area contributed by atoms with Crippen LogP contribution in [0.3, 0.4) is 0 Å². The molecule has 0 unspecified atom stereocenters. The molecule has 7 nitrogen and oxygen atoms in total. The van der Waals surface area contributed by atoms with Crippen LogP contribution in [0.4, 0.5) is 5.69 Å². The van der Waals surface area contributed by atoms with E-state index in [1.165, 1.54) is 4.90 Å². The van der Waals surface area contributed by atoms with E-state index >= 15 is 0 Å². The van der Waals surface area contributed by atoms with Gasteiger partial charge in [-0.3, -0.25) is 19.5 Å². The monoisotopic (exact) mass is 443 g/mol. The number of methoxy groups -OCH3 is 1. The lowest BCUT2D eigenvalue weighted by Gasteiger charge is -2.15. The molecule has 3 aromatic rings. The largest absolute Gasteiger partial charge is 0.497 e. The number of carbonyl (C=O) groups is 2. The Morgan fingerprint density at radius 3 is 2.24 bits per heavy atom. The van der Waals surface area contributed by atoms with Gasteiger partial charge in [-0.15, -0.1) is 0 Å². The molecule has 0 spiro atoms. The van der Waals surface area contributed by atoms with Gasteiger partial charge in [0.1, 0.15) is 17.2 Å². The van der Waals surface area contributed by atoms with E-state index in [1.54, 1.807) is 49.8 Å². The van der Waals surface area contributed by atoms with E-state index in [-0.39, 0.29) is 24.3 Å². The van der Waals surface area contributed by atoms with Gasteiger partial charge in [-0.1, -0.05) is 18.2 Å². The van der Waals surface area contributed by atoms with Gasteiger partial charge in [0.15, 0.2) is 0 Å². The molecule has 0 bridgehead atoms. The zero-order valence-corrected chi connectivity index (χ0v) is 18.7. The van der Waals surface area contributed by atoms with E-state index < -0.39 is 5.91 Å². The van der Waals surface area contributed by atoms with Gasteiger partial charge in [0.05, 0.1) is 25.3 Å². The topological polar surface area (TPSA) is 80.8 Å². The molecule has 1 N–H and O–H groups in total. The Morgan fingerprint density at radius 1 is 0.939 bits per heavy atom. The van der Waals surface area contributed by atoms with E-state index in [9.17, 15) is 9.59 Å². The first-order valence-electron chi connectivity index (χ1n) is 10.6. The molecule has 0 radical (unpaired) electrons. The molecule has 2 amide bonds. The molecule has 0 fully saturated rings. The van der Waals surface area contributed by atoms with E-state index in [1.807, 2.05) is 44.2 Å². The quantitative estimate of drug-likeness (QED) is 0.524. The van der Waals surface area contributed by atoms with Gasteiger partial charge in [-0.2, -0.15) is 0 Å². The summed E-state index contributed by atoms with van der Waals surface area (Å²) in [6.07, 6.45) is 3.35. The van der Waals surface area contributed by atoms with Gasteiger partial charge < -0.3 is 14.8 Å². The van der Waals surface area contributed by atoms with Crippen molar-refractivity contribution in [3.8, 4) is 11.5 Å². The van der Waals surface area contributed by atoms with Crippen LogP contribution < -0.4 is 14.8 Å². The third kappa shape index (κ3) is 4.87. The van der Waals surface area contributed by atoms with Gasteiger partial charge in [0.25, 0.3) is 11.8 Å². The lowest BCUT2D eigenvalue weighted by atomic mass is 10.0. The Morgan fingerprint density at radius 2 is 1.64 bits per heavy atom. The van der Waals surface area contributed by atoms with Crippen LogP contribution in [-0.4, -0.2) is 34.9 Å². The molecule has 1 aliphatic rings. The van der Waals surface area contributed by atoms with E-state index in [0.29, 0.717) is 22.6 Å². The summed E-state index contributed by atoms with van der Waals surface area (Å²) in [5.41, 5.74) is 2.62. The molecular formula is C26H25N3O4. The maximum atomic E-state index is 13.4. The first-order valence-corrected chi connectivity index (χ1v) is 10.6. The van der Waals surface area contributed by atoms with Crippen LogP contribution in [0, 0.1) is 0 Å². The van der Waals surface area contributed by atoms with Crippen LogP contribution in [0.25, 0.3) is 5.57 Å². The number of hydrogen-bond donors (Lipinski definition) is 1. The number of nitrogens with zero attached hydrogens (tertiary/aromatic N) is 2. The zero-order chi connectivity index (χ0) is 23.4. The van der Waals surface area contributed by atoms with Crippen molar-refractivity contribution in [2.45, 2.75) is 26.5 Å². The number of carbonyl (C=O) groups excluding carboxylic acids is 2. The maximum Gasteiger partial charge on any atom is 0.278 e. The van der Waals surface area contributed by atoms with Crippen molar-refractivity contribution in [3.63, 3.8) is 0 Å². The Kier molecular flexibility index (Phi) is 6.40. The molecule has 4 rings (SSSR count). The number of pyridine rings is 1. The molecule has 0 aliphatic carbocycles. The van der Waals surface area contributed by atoms with Gasteiger partial charge in [-0.05, 0) is 67.4 Å². The lowest BCUT2D eigenvalue weighted by molar-refractivity contribution is -0.137.